The Labute approximate surface area is 69.4 Å². The van der Waals surface area contributed by atoms with Gasteiger partial charge in [-0.15, -0.1) is 11.6 Å². The average Bonchev–Trinajstić information content (AvgIpc) is 1.81. The minimum absolute atomic E-state index is 0.801. The van der Waals surface area contributed by atoms with Crippen LogP contribution in [0.4, 0.5) is 0 Å². The topological polar surface area (TPSA) is 0 Å². The van der Waals surface area contributed by atoms with Crippen molar-refractivity contribution in [3.63, 3.8) is 0 Å². The highest BCUT2D eigenvalue weighted by molar-refractivity contribution is 14.1. The number of alkyl halides is 1. The first-order valence-electron chi connectivity index (χ1n) is 2.73. The van der Waals surface area contributed by atoms with Gasteiger partial charge in [0.05, 0.1) is 0 Å². The molecule has 0 saturated carbocycles. The summed E-state index contributed by atoms with van der Waals surface area (Å²) < 4.78 is 2.05. The van der Waals surface area contributed by atoms with E-state index in [0.717, 1.165) is 12.3 Å². The molecule has 0 bridgehead atoms. The van der Waals surface area contributed by atoms with Crippen LogP contribution in [-0.4, -0.2) is 5.88 Å². The molecule has 8 heavy (non-hydrogen) atoms. The van der Waals surface area contributed by atoms with Crippen LogP contribution >= 0.6 is 34.2 Å². The molecule has 0 aliphatic heterocycles. The minimum Gasteiger partial charge on any atom is -0.127 e. The van der Waals surface area contributed by atoms with Crippen LogP contribution in [0.2, 0.25) is 0 Å². The molecular formula is C6H10ClI. The number of hydrogen-bond donors (Lipinski definition) is 0. The second-order valence-corrected chi connectivity index (χ2v) is 2.64. The zero-order valence-corrected chi connectivity index (χ0v) is 7.65. The smallest absolute Gasteiger partial charge is 0.0223 e. The van der Waals surface area contributed by atoms with Gasteiger partial charge in [-0.25, -0.2) is 0 Å². The van der Waals surface area contributed by atoms with E-state index in [-0.39, 0.29) is 0 Å². The first-order chi connectivity index (χ1) is 3.91. The predicted octanol–water partition coefficient (Wildman–Crippen LogP) is 3.34. The van der Waals surface area contributed by atoms with Gasteiger partial charge in [-0.1, -0.05) is 28.7 Å². The van der Waals surface area contributed by atoms with Crippen LogP contribution in [-0.2, 0) is 0 Å². The summed E-state index contributed by atoms with van der Waals surface area (Å²) in [5.41, 5.74) is 0. The maximum atomic E-state index is 5.45. The van der Waals surface area contributed by atoms with Crippen molar-refractivity contribution < 1.29 is 0 Å². The Morgan fingerprint density at radius 3 is 2.62 bits per heavy atom. The number of allylic oxidation sites excluding steroid dienone is 1. The minimum atomic E-state index is 0.801. The summed E-state index contributed by atoms with van der Waals surface area (Å²) in [5, 5.41) is 0. The van der Waals surface area contributed by atoms with Crippen LogP contribution in [0.3, 0.4) is 0 Å². The summed E-state index contributed by atoms with van der Waals surface area (Å²) in [5.74, 6) is 0.801. The van der Waals surface area contributed by atoms with Gasteiger partial charge in [-0.05, 0) is 23.3 Å². The van der Waals surface area contributed by atoms with Crippen LogP contribution in [0, 0.1) is 0 Å². The third-order valence-electron chi connectivity index (χ3n) is 0.844. The van der Waals surface area contributed by atoms with Crippen LogP contribution in [0.15, 0.2) is 10.2 Å². The van der Waals surface area contributed by atoms with Gasteiger partial charge in [0.15, 0.2) is 0 Å². The quantitative estimate of drug-likeness (QED) is 0.404. The van der Waals surface area contributed by atoms with Crippen molar-refractivity contribution in [3.05, 3.63) is 10.2 Å². The van der Waals surface area contributed by atoms with Gasteiger partial charge in [0.1, 0.15) is 0 Å². The van der Waals surface area contributed by atoms with Gasteiger partial charge in [0.25, 0.3) is 0 Å². The van der Waals surface area contributed by atoms with Crippen molar-refractivity contribution in [2.75, 3.05) is 5.88 Å². The molecule has 0 heterocycles. The Morgan fingerprint density at radius 2 is 2.12 bits per heavy atom. The largest absolute Gasteiger partial charge is 0.127 e. The Kier molecular flexibility index (Phi) is 8.50. The monoisotopic (exact) mass is 244 g/mol. The second kappa shape index (κ2) is 7.76. The normalized spacial score (nSPS) is 10.8. The highest BCUT2D eigenvalue weighted by Gasteiger charge is 1.80. The van der Waals surface area contributed by atoms with Gasteiger partial charge < -0.3 is 0 Å². The highest BCUT2D eigenvalue weighted by atomic mass is 127. The van der Waals surface area contributed by atoms with Gasteiger partial charge in [-0.2, -0.15) is 0 Å². The van der Waals surface area contributed by atoms with Gasteiger partial charge in [0.2, 0.25) is 0 Å². The molecular weight excluding hydrogens is 234 g/mol. The lowest BCUT2D eigenvalue weighted by molar-refractivity contribution is 0.821. The standard InChI is InChI=1S/C6H10ClI/c7-5-3-1-2-4-6-8/h4,6H,1-3,5H2/b6-4+. The van der Waals surface area contributed by atoms with Crippen molar-refractivity contribution in [3.8, 4) is 0 Å². The van der Waals surface area contributed by atoms with E-state index < -0.39 is 0 Å². The molecule has 0 aliphatic carbocycles. The first-order valence-corrected chi connectivity index (χ1v) is 4.51. The van der Waals surface area contributed by atoms with Gasteiger partial charge in [-0.3, -0.25) is 0 Å². The summed E-state index contributed by atoms with van der Waals surface area (Å²) in [7, 11) is 0. The molecule has 0 radical (unpaired) electrons. The molecule has 48 valence electrons. The molecule has 0 saturated heterocycles. The molecule has 0 nitrogen and oxygen atoms in total. The molecule has 2 heteroatoms. The summed E-state index contributed by atoms with van der Waals surface area (Å²) in [4.78, 5) is 0. The highest BCUT2D eigenvalue weighted by Crippen LogP contribution is 1.99. The molecule has 0 unspecified atom stereocenters. The Bertz CT molecular complexity index is 61.5. The number of unbranched alkanes of at least 4 members (excludes halogenated alkanes) is 2. The number of hydrogen-bond acceptors (Lipinski definition) is 0. The zero-order chi connectivity index (χ0) is 6.24. The van der Waals surface area contributed by atoms with Gasteiger partial charge in [0, 0.05) is 5.88 Å². The fourth-order valence-corrected chi connectivity index (χ4v) is 0.968. The lowest BCUT2D eigenvalue weighted by Gasteiger charge is -1.87. The fraction of sp³-hybridized carbons (Fsp3) is 0.667. The molecule has 0 spiro atoms. The number of halogens is 2. The third-order valence-corrected chi connectivity index (χ3v) is 1.62. The average molecular weight is 245 g/mol. The van der Waals surface area contributed by atoms with E-state index in [2.05, 4.69) is 28.7 Å². The molecule has 0 aromatic rings. The van der Waals surface area contributed by atoms with Crippen LogP contribution < -0.4 is 0 Å². The SMILES string of the molecule is ClCCCC/C=C/I. The summed E-state index contributed by atoms with van der Waals surface area (Å²) in [6.45, 7) is 0. The summed E-state index contributed by atoms with van der Waals surface area (Å²) in [6.07, 6.45) is 5.70. The molecule has 0 fully saturated rings. The van der Waals surface area contributed by atoms with Crippen LogP contribution in [0.25, 0.3) is 0 Å². The van der Waals surface area contributed by atoms with Gasteiger partial charge >= 0.3 is 0 Å². The first kappa shape index (κ1) is 8.76. The zero-order valence-electron chi connectivity index (χ0n) is 4.74. The predicted molar refractivity (Wildman–Crippen MR) is 47.7 cm³/mol. The molecule has 0 amide bonds. The second-order valence-electron chi connectivity index (χ2n) is 1.55. The Balaban J connectivity index is 2.72. The number of rotatable bonds is 4. The lowest BCUT2D eigenvalue weighted by atomic mass is 10.2. The van der Waals surface area contributed by atoms with Crippen LogP contribution in [0.1, 0.15) is 19.3 Å². The fourth-order valence-electron chi connectivity index (χ4n) is 0.420. The molecule has 0 aliphatic rings. The van der Waals surface area contributed by atoms with Crippen molar-refractivity contribution in [2.45, 2.75) is 19.3 Å². The maximum Gasteiger partial charge on any atom is 0.0223 e. The van der Waals surface area contributed by atoms with Crippen LogP contribution in [0.5, 0.6) is 0 Å². The Morgan fingerprint density at radius 1 is 1.38 bits per heavy atom. The molecule has 0 aromatic carbocycles. The van der Waals surface area contributed by atoms with E-state index in [4.69, 9.17) is 11.6 Å². The molecule has 0 N–H and O–H groups in total. The van der Waals surface area contributed by atoms with E-state index in [0.29, 0.717) is 0 Å². The van der Waals surface area contributed by atoms with E-state index in [9.17, 15) is 0 Å². The van der Waals surface area contributed by atoms with E-state index in [1.807, 2.05) is 4.08 Å². The maximum absolute atomic E-state index is 5.45. The van der Waals surface area contributed by atoms with Crippen molar-refractivity contribution >= 4 is 34.2 Å². The molecule has 0 atom stereocenters. The van der Waals surface area contributed by atoms with E-state index in [1.165, 1.54) is 12.8 Å². The van der Waals surface area contributed by atoms with E-state index >= 15 is 0 Å². The summed E-state index contributed by atoms with van der Waals surface area (Å²) in [6, 6.07) is 0. The van der Waals surface area contributed by atoms with E-state index in [1.54, 1.807) is 0 Å². The molecule has 0 rings (SSSR count). The van der Waals surface area contributed by atoms with Crippen molar-refractivity contribution in [1.29, 1.82) is 0 Å². The van der Waals surface area contributed by atoms with Crippen molar-refractivity contribution in [1.82, 2.24) is 0 Å². The van der Waals surface area contributed by atoms with Crippen molar-refractivity contribution in [2.24, 2.45) is 0 Å². The molecule has 0 aromatic heterocycles. The Hall–Kier alpha value is 0.760. The third kappa shape index (κ3) is 6.76. The lowest BCUT2D eigenvalue weighted by Crippen LogP contribution is -1.72. The summed E-state index contributed by atoms with van der Waals surface area (Å²) >= 11 is 7.68.